The number of nitrogens with two attached hydrogens (primary N) is 1. The molecule has 0 atom stereocenters. The van der Waals surface area contributed by atoms with Crippen molar-refractivity contribution in [2.24, 2.45) is 11.7 Å². The molecule has 2 N–H and O–H groups in total. The Balaban J connectivity index is 2.22. The van der Waals surface area contributed by atoms with E-state index in [1.807, 2.05) is 13.8 Å². The van der Waals surface area contributed by atoms with Gasteiger partial charge in [0, 0.05) is 45.2 Å². The van der Waals surface area contributed by atoms with Gasteiger partial charge in [0.15, 0.2) is 0 Å². The molecule has 0 aromatic rings. The number of hydrogen-bond acceptors (Lipinski definition) is 4. The summed E-state index contributed by atoms with van der Waals surface area (Å²) < 4.78 is 0. The van der Waals surface area contributed by atoms with Crippen LogP contribution in [0.5, 0.6) is 0 Å². The van der Waals surface area contributed by atoms with E-state index >= 15 is 0 Å². The summed E-state index contributed by atoms with van der Waals surface area (Å²) in [5.41, 5.74) is 5.51. The van der Waals surface area contributed by atoms with Crippen LogP contribution in [-0.2, 0) is 4.79 Å². The average Bonchev–Trinajstić information content (AvgIpc) is 2.21. The third-order valence-electron chi connectivity index (χ3n) is 2.93. The Hall–Kier alpha value is -0.450. The van der Waals surface area contributed by atoms with E-state index in [0.717, 1.165) is 39.3 Å². The summed E-state index contributed by atoms with van der Waals surface area (Å²) >= 11 is 0. The molecule has 1 aliphatic rings. The van der Waals surface area contributed by atoms with Crippen LogP contribution in [0.2, 0.25) is 0 Å². The average molecular weight is 213 g/mol. The van der Waals surface area contributed by atoms with Crippen LogP contribution in [0.4, 0.5) is 0 Å². The number of hydrogen-bond donors (Lipinski definition) is 1. The third kappa shape index (κ3) is 4.28. The minimum atomic E-state index is 0.159. The van der Waals surface area contributed by atoms with Crippen LogP contribution in [-0.4, -0.2) is 61.4 Å². The highest BCUT2D eigenvalue weighted by Gasteiger charge is 2.19. The molecule has 0 bridgehead atoms. The fourth-order valence-electron chi connectivity index (χ4n) is 1.76. The van der Waals surface area contributed by atoms with Crippen molar-refractivity contribution in [3.63, 3.8) is 0 Å². The van der Waals surface area contributed by atoms with Crippen molar-refractivity contribution >= 4 is 5.78 Å². The molecule has 1 fully saturated rings. The van der Waals surface area contributed by atoms with Crippen LogP contribution in [0.3, 0.4) is 0 Å². The van der Waals surface area contributed by atoms with Crippen LogP contribution in [0, 0.1) is 5.92 Å². The molecule has 1 rings (SSSR count). The van der Waals surface area contributed by atoms with Crippen molar-refractivity contribution in [3.8, 4) is 0 Å². The van der Waals surface area contributed by atoms with Gasteiger partial charge in [-0.1, -0.05) is 13.8 Å². The second kappa shape index (κ2) is 6.20. The zero-order valence-corrected chi connectivity index (χ0v) is 9.91. The van der Waals surface area contributed by atoms with Gasteiger partial charge in [-0.2, -0.15) is 0 Å². The molecule has 0 amide bonds. The number of piperazine rings is 1. The highest BCUT2D eigenvalue weighted by Crippen LogP contribution is 2.03. The molecule has 0 aromatic heterocycles. The number of ketones is 1. The van der Waals surface area contributed by atoms with E-state index in [4.69, 9.17) is 5.73 Å². The number of Topliss-reactive ketones (excluding diaryl/α,β-unsaturated/α-hetero) is 1. The van der Waals surface area contributed by atoms with Crippen LogP contribution >= 0.6 is 0 Å². The first-order chi connectivity index (χ1) is 7.13. The van der Waals surface area contributed by atoms with Crippen molar-refractivity contribution in [2.75, 3.05) is 45.8 Å². The van der Waals surface area contributed by atoms with E-state index in [0.29, 0.717) is 12.3 Å². The normalized spacial score (nSPS) is 19.7. The van der Waals surface area contributed by atoms with Gasteiger partial charge in [-0.05, 0) is 0 Å². The number of carbonyl (C=O) groups is 1. The van der Waals surface area contributed by atoms with E-state index in [1.54, 1.807) is 0 Å². The number of nitrogens with zero attached hydrogens (tertiary/aromatic N) is 2. The lowest BCUT2D eigenvalue weighted by Gasteiger charge is -2.34. The lowest BCUT2D eigenvalue weighted by molar-refractivity contribution is -0.123. The minimum Gasteiger partial charge on any atom is -0.329 e. The van der Waals surface area contributed by atoms with Crippen LogP contribution < -0.4 is 5.73 Å². The molecule has 88 valence electrons. The first kappa shape index (κ1) is 12.6. The summed E-state index contributed by atoms with van der Waals surface area (Å²) in [5, 5.41) is 0. The van der Waals surface area contributed by atoms with Crippen molar-refractivity contribution in [2.45, 2.75) is 13.8 Å². The van der Waals surface area contributed by atoms with Crippen LogP contribution in [0.1, 0.15) is 13.8 Å². The maximum absolute atomic E-state index is 11.5. The van der Waals surface area contributed by atoms with Gasteiger partial charge < -0.3 is 5.73 Å². The Labute approximate surface area is 92.4 Å². The molecule has 4 nitrogen and oxygen atoms in total. The van der Waals surface area contributed by atoms with Gasteiger partial charge in [-0.25, -0.2) is 0 Å². The van der Waals surface area contributed by atoms with Crippen molar-refractivity contribution in [3.05, 3.63) is 0 Å². The summed E-state index contributed by atoms with van der Waals surface area (Å²) in [6.07, 6.45) is 0. The second-order valence-corrected chi connectivity index (χ2v) is 4.53. The highest BCUT2D eigenvalue weighted by molar-refractivity contribution is 5.82. The Bertz CT molecular complexity index is 198. The van der Waals surface area contributed by atoms with Crippen molar-refractivity contribution < 1.29 is 4.79 Å². The summed E-state index contributed by atoms with van der Waals surface area (Å²) in [6.45, 7) is 10.3. The lowest BCUT2D eigenvalue weighted by atomic mass is 10.1. The molecule has 4 heteroatoms. The van der Waals surface area contributed by atoms with Crippen LogP contribution in [0.15, 0.2) is 0 Å². The van der Waals surface area contributed by atoms with Crippen molar-refractivity contribution in [1.82, 2.24) is 9.80 Å². The standard InChI is InChI=1S/C11H23N3O/c1-10(2)11(15)9-14-7-5-13(4-3-12)6-8-14/h10H,3-9,12H2,1-2H3. The van der Waals surface area contributed by atoms with Gasteiger partial charge >= 0.3 is 0 Å². The predicted octanol–water partition coefficient (Wildman–Crippen LogP) is -0.212. The SMILES string of the molecule is CC(C)C(=O)CN1CCN(CCN)CC1. The molecule has 1 heterocycles. The van der Waals surface area contributed by atoms with Gasteiger partial charge in [0.2, 0.25) is 0 Å². The monoisotopic (exact) mass is 213 g/mol. The van der Waals surface area contributed by atoms with Gasteiger partial charge in [0.1, 0.15) is 5.78 Å². The Morgan fingerprint density at radius 1 is 1.20 bits per heavy atom. The second-order valence-electron chi connectivity index (χ2n) is 4.53. The fraction of sp³-hybridized carbons (Fsp3) is 0.909. The molecule has 0 radical (unpaired) electrons. The van der Waals surface area contributed by atoms with E-state index in [-0.39, 0.29) is 5.92 Å². The molecule has 15 heavy (non-hydrogen) atoms. The highest BCUT2D eigenvalue weighted by atomic mass is 16.1. The van der Waals surface area contributed by atoms with Gasteiger partial charge in [-0.15, -0.1) is 0 Å². The number of rotatable bonds is 5. The summed E-state index contributed by atoms with van der Waals surface area (Å²) in [5.74, 6) is 0.509. The van der Waals surface area contributed by atoms with E-state index in [1.165, 1.54) is 0 Å². The van der Waals surface area contributed by atoms with Crippen LogP contribution in [0.25, 0.3) is 0 Å². The molecule has 0 spiro atoms. The summed E-state index contributed by atoms with van der Waals surface area (Å²) in [7, 11) is 0. The quantitative estimate of drug-likeness (QED) is 0.686. The topological polar surface area (TPSA) is 49.6 Å². The van der Waals surface area contributed by atoms with Gasteiger partial charge in [-0.3, -0.25) is 14.6 Å². The van der Waals surface area contributed by atoms with E-state index in [2.05, 4.69) is 9.80 Å². The zero-order chi connectivity index (χ0) is 11.3. The zero-order valence-electron chi connectivity index (χ0n) is 9.91. The van der Waals surface area contributed by atoms with E-state index < -0.39 is 0 Å². The predicted molar refractivity (Wildman–Crippen MR) is 61.8 cm³/mol. The first-order valence-electron chi connectivity index (χ1n) is 5.81. The third-order valence-corrected chi connectivity index (χ3v) is 2.93. The molecule has 0 saturated carbocycles. The van der Waals surface area contributed by atoms with E-state index in [9.17, 15) is 4.79 Å². The molecular weight excluding hydrogens is 190 g/mol. The Morgan fingerprint density at radius 3 is 2.20 bits per heavy atom. The molecule has 0 aromatic carbocycles. The molecule has 1 aliphatic heterocycles. The lowest BCUT2D eigenvalue weighted by Crippen LogP contribution is -2.49. The summed E-state index contributed by atoms with van der Waals surface area (Å²) in [4.78, 5) is 16.1. The molecular formula is C11H23N3O. The maximum Gasteiger partial charge on any atom is 0.149 e. The van der Waals surface area contributed by atoms with Crippen molar-refractivity contribution in [1.29, 1.82) is 0 Å². The first-order valence-corrected chi connectivity index (χ1v) is 5.81. The maximum atomic E-state index is 11.5. The minimum absolute atomic E-state index is 0.159. The molecule has 1 saturated heterocycles. The van der Waals surface area contributed by atoms with Gasteiger partial charge in [0.05, 0.1) is 6.54 Å². The largest absolute Gasteiger partial charge is 0.329 e. The fourth-order valence-corrected chi connectivity index (χ4v) is 1.76. The molecule has 0 aliphatic carbocycles. The Kier molecular flexibility index (Phi) is 5.22. The smallest absolute Gasteiger partial charge is 0.149 e. The number of carbonyl (C=O) groups excluding carboxylic acids is 1. The molecule has 0 unspecified atom stereocenters. The summed E-state index contributed by atoms with van der Waals surface area (Å²) in [6, 6.07) is 0. The van der Waals surface area contributed by atoms with Gasteiger partial charge in [0.25, 0.3) is 0 Å². The Morgan fingerprint density at radius 2 is 1.73 bits per heavy atom.